The van der Waals surface area contributed by atoms with Crippen molar-refractivity contribution in [3.63, 3.8) is 0 Å². The molecule has 5 N–H and O–H groups in total. The second kappa shape index (κ2) is 10.6. The Balaban J connectivity index is 1.45. The predicted octanol–water partition coefficient (Wildman–Crippen LogP) is 9.26. The summed E-state index contributed by atoms with van der Waals surface area (Å²) in [6.45, 7) is 20.2. The molecule has 5 aliphatic rings. The molecule has 1 heterocycles. The standard InChI is InChI=1S/C41H60N4O2/c1-9-10-20-47-35(46)41-18-16-36(2,3)24-29(41)32-27(25-12-11-13-26(42)21-25)22-31-38(6)23-28-33(44-45-34(28)43)37(4,5)30(38)14-15-39(31,7)40(32,8)17-19-41/h11-13,21,29-31H,9-10,14-20,22-24,42H2,1-8H3,(H3,43,44,45)/t29-,30-,31?,38-,39+,40+,41-/m0/s1. The highest BCUT2D eigenvalue weighted by Gasteiger charge is 2.70. The molecule has 6 nitrogen and oxygen atoms in total. The summed E-state index contributed by atoms with van der Waals surface area (Å²) in [7, 11) is 0. The molecule has 1 aromatic carbocycles. The van der Waals surface area contributed by atoms with Gasteiger partial charge < -0.3 is 16.2 Å². The fraction of sp³-hybridized carbons (Fsp3) is 0.707. The average molecular weight is 641 g/mol. The molecule has 6 heteroatoms. The van der Waals surface area contributed by atoms with Crippen molar-refractivity contribution in [2.75, 3.05) is 18.1 Å². The van der Waals surface area contributed by atoms with E-state index in [0.717, 1.165) is 63.5 Å². The molecular weight excluding hydrogens is 580 g/mol. The second-order valence-corrected chi connectivity index (χ2v) is 18.5. The molecule has 1 unspecified atom stereocenters. The third-order valence-electron chi connectivity index (χ3n) is 15.3. The maximum Gasteiger partial charge on any atom is 0.312 e. The minimum Gasteiger partial charge on any atom is -0.465 e. The van der Waals surface area contributed by atoms with Crippen molar-refractivity contribution in [2.24, 2.45) is 44.8 Å². The van der Waals surface area contributed by atoms with Crippen LogP contribution >= 0.6 is 0 Å². The van der Waals surface area contributed by atoms with Crippen LogP contribution in [0.1, 0.15) is 136 Å². The molecule has 1 aromatic heterocycles. The number of nitrogen functional groups attached to an aromatic ring is 2. The number of aromatic amines is 1. The summed E-state index contributed by atoms with van der Waals surface area (Å²) < 4.78 is 6.20. The number of anilines is 2. The van der Waals surface area contributed by atoms with Crippen LogP contribution in [0.15, 0.2) is 29.8 Å². The molecule has 0 aliphatic heterocycles. The van der Waals surface area contributed by atoms with Crippen LogP contribution in [0.4, 0.5) is 11.5 Å². The number of carbonyl (C=O) groups is 1. The summed E-state index contributed by atoms with van der Waals surface area (Å²) in [4.78, 5) is 14.4. The number of carbonyl (C=O) groups excluding carboxylic acids is 1. The van der Waals surface area contributed by atoms with Crippen molar-refractivity contribution in [1.82, 2.24) is 10.2 Å². The fourth-order valence-corrected chi connectivity index (χ4v) is 12.6. The van der Waals surface area contributed by atoms with Gasteiger partial charge in [0.05, 0.1) is 12.0 Å². The van der Waals surface area contributed by atoms with E-state index in [-0.39, 0.29) is 39.0 Å². The minimum absolute atomic E-state index is 0.0427. The monoisotopic (exact) mass is 640 g/mol. The average Bonchev–Trinajstić information content (AvgIpc) is 3.37. The lowest BCUT2D eigenvalue weighted by Crippen LogP contribution is -2.65. The Morgan fingerprint density at radius 3 is 2.47 bits per heavy atom. The maximum absolute atomic E-state index is 14.4. The van der Waals surface area contributed by atoms with E-state index in [1.165, 1.54) is 35.2 Å². The second-order valence-electron chi connectivity index (χ2n) is 18.5. The summed E-state index contributed by atoms with van der Waals surface area (Å²) in [5.41, 5.74) is 20.4. The Hall–Kier alpha value is -2.76. The molecular formula is C41H60N4O2. The first-order chi connectivity index (χ1) is 22.0. The number of benzene rings is 1. The van der Waals surface area contributed by atoms with E-state index in [2.05, 4.69) is 83.8 Å². The van der Waals surface area contributed by atoms with Crippen LogP contribution in [-0.4, -0.2) is 22.8 Å². The molecule has 256 valence electrons. The van der Waals surface area contributed by atoms with Gasteiger partial charge in [-0.1, -0.05) is 79.5 Å². The van der Waals surface area contributed by atoms with E-state index in [9.17, 15) is 4.79 Å². The van der Waals surface area contributed by atoms with Crippen molar-refractivity contribution >= 4 is 23.0 Å². The number of nitrogens with two attached hydrogens (primary N) is 2. The highest BCUT2D eigenvalue weighted by Crippen LogP contribution is 2.77. The van der Waals surface area contributed by atoms with E-state index >= 15 is 0 Å². The van der Waals surface area contributed by atoms with Crippen LogP contribution in [0.2, 0.25) is 0 Å². The Bertz CT molecular complexity index is 1620. The van der Waals surface area contributed by atoms with Crippen LogP contribution in [0.3, 0.4) is 0 Å². The molecule has 3 saturated carbocycles. The number of ether oxygens (including phenoxy) is 1. The number of H-pyrrole nitrogens is 1. The summed E-state index contributed by atoms with van der Waals surface area (Å²) in [5.74, 6) is 1.85. The van der Waals surface area contributed by atoms with Crippen LogP contribution in [0.25, 0.3) is 5.57 Å². The Morgan fingerprint density at radius 1 is 1.00 bits per heavy atom. The van der Waals surface area contributed by atoms with Crippen LogP contribution in [0.5, 0.6) is 0 Å². The van der Waals surface area contributed by atoms with E-state index in [1.807, 2.05) is 6.07 Å². The molecule has 0 spiro atoms. The van der Waals surface area contributed by atoms with E-state index < -0.39 is 5.41 Å². The zero-order chi connectivity index (χ0) is 33.8. The van der Waals surface area contributed by atoms with Gasteiger partial charge in [-0.05, 0) is 127 Å². The number of nitrogens with one attached hydrogen (secondary N) is 1. The predicted molar refractivity (Wildman–Crippen MR) is 191 cm³/mol. The lowest BCUT2D eigenvalue weighted by Gasteiger charge is -2.71. The Kier molecular flexibility index (Phi) is 7.40. The zero-order valence-corrected chi connectivity index (χ0v) is 30.4. The first-order valence-electron chi connectivity index (χ1n) is 18.6. The van der Waals surface area contributed by atoms with Gasteiger partial charge in [-0.25, -0.2) is 0 Å². The minimum atomic E-state index is -0.457. The number of nitrogens with zero attached hydrogens (tertiary/aromatic N) is 1. The van der Waals surface area contributed by atoms with Crippen molar-refractivity contribution in [1.29, 1.82) is 0 Å². The highest BCUT2D eigenvalue weighted by atomic mass is 16.5. The Morgan fingerprint density at radius 2 is 1.74 bits per heavy atom. The first kappa shape index (κ1) is 32.8. The molecule has 0 amide bonds. The normalized spacial score (nSPS) is 38.3. The van der Waals surface area contributed by atoms with Gasteiger partial charge >= 0.3 is 5.97 Å². The third-order valence-corrected chi connectivity index (χ3v) is 15.3. The number of fused-ring (bicyclic) bond motifs is 8. The smallest absolute Gasteiger partial charge is 0.312 e. The number of aromatic nitrogens is 2. The van der Waals surface area contributed by atoms with Gasteiger partial charge in [-0.15, -0.1) is 0 Å². The molecule has 7 atom stereocenters. The molecule has 0 saturated heterocycles. The summed E-state index contributed by atoms with van der Waals surface area (Å²) in [6, 6.07) is 8.61. The molecule has 0 bridgehead atoms. The van der Waals surface area contributed by atoms with Crippen LogP contribution < -0.4 is 11.5 Å². The van der Waals surface area contributed by atoms with E-state index in [1.54, 1.807) is 5.57 Å². The molecule has 0 radical (unpaired) electrons. The molecule has 2 aromatic rings. The quantitative estimate of drug-likeness (QED) is 0.172. The lowest BCUT2D eigenvalue weighted by molar-refractivity contribution is -0.180. The number of hydrogen-bond acceptors (Lipinski definition) is 5. The number of hydrogen-bond donors (Lipinski definition) is 3. The first-order valence-corrected chi connectivity index (χ1v) is 18.6. The summed E-state index contributed by atoms with van der Waals surface area (Å²) in [5, 5.41) is 7.92. The van der Waals surface area contributed by atoms with Crippen molar-refractivity contribution in [2.45, 2.75) is 131 Å². The number of allylic oxidation sites excluding steroid dienone is 2. The highest BCUT2D eigenvalue weighted by molar-refractivity contribution is 5.82. The molecule has 47 heavy (non-hydrogen) atoms. The summed E-state index contributed by atoms with van der Waals surface area (Å²) >= 11 is 0. The van der Waals surface area contributed by atoms with Gasteiger partial charge in [-0.3, -0.25) is 9.89 Å². The van der Waals surface area contributed by atoms with Gasteiger partial charge in [0.25, 0.3) is 0 Å². The molecule has 5 aliphatic carbocycles. The van der Waals surface area contributed by atoms with Gasteiger partial charge in [0, 0.05) is 22.4 Å². The Labute approximate surface area is 283 Å². The van der Waals surface area contributed by atoms with E-state index in [4.69, 9.17) is 16.2 Å². The summed E-state index contributed by atoms with van der Waals surface area (Å²) in [6.07, 6.45) is 11.2. The number of esters is 1. The van der Waals surface area contributed by atoms with Crippen molar-refractivity contribution < 1.29 is 9.53 Å². The maximum atomic E-state index is 14.4. The lowest BCUT2D eigenvalue weighted by atomic mass is 9.33. The molecule has 7 rings (SSSR count). The number of rotatable bonds is 5. The van der Waals surface area contributed by atoms with Gasteiger partial charge in [-0.2, -0.15) is 5.10 Å². The topological polar surface area (TPSA) is 107 Å². The number of unbranched alkanes of at least 4 members (excludes halogenated alkanes) is 1. The van der Waals surface area contributed by atoms with Crippen molar-refractivity contribution in [3.8, 4) is 0 Å². The largest absolute Gasteiger partial charge is 0.465 e. The fourth-order valence-electron chi connectivity index (χ4n) is 12.6. The van der Waals surface area contributed by atoms with E-state index in [0.29, 0.717) is 24.3 Å². The molecule has 3 fully saturated rings. The zero-order valence-electron chi connectivity index (χ0n) is 30.4. The SMILES string of the molecule is CCCCOC(=O)[C@]12CCC(C)(C)C[C@H]1C1=C(c3cccc(N)c3)CC3[C@@]4(C)Cc5c(N)n[nH]c5C(C)(C)[C@@H]4CC[C@@]3(C)[C@]1(C)CC2. The van der Waals surface area contributed by atoms with Gasteiger partial charge in [0.2, 0.25) is 0 Å². The third kappa shape index (κ3) is 4.47. The van der Waals surface area contributed by atoms with Gasteiger partial charge in [0.1, 0.15) is 5.82 Å². The van der Waals surface area contributed by atoms with Crippen molar-refractivity contribution in [3.05, 3.63) is 46.7 Å². The van der Waals surface area contributed by atoms with Crippen LogP contribution in [-0.2, 0) is 21.4 Å². The van der Waals surface area contributed by atoms with Crippen LogP contribution in [0, 0.1) is 44.8 Å². The van der Waals surface area contributed by atoms with Gasteiger partial charge in [0.15, 0.2) is 0 Å².